The third-order valence-electron chi connectivity index (χ3n) is 3.84. The van der Waals surface area contributed by atoms with E-state index in [0.717, 1.165) is 19.3 Å². The van der Waals surface area contributed by atoms with Crippen LogP contribution in [0.25, 0.3) is 0 Å². The molecule has 0 aliphatic heterocycles. The van der Waals surface area contributed by atoms with Crippen molar-refractivity contribution in [1.82, 2.24) is 9.78 Å². The van der Waals surface area contributed by atoms with E-state index in [0.29, 0.717) is 12.3 Å². The molecular formula is C16H27N3. The smallest absolute Gasteiger partial charge is 0.0677 e. The van der Waals surface area contributed by atoms with Gasteiger partial charge in [0.1, 0.15) is 0 Å². The Kier molecular flexibility index (Phi) is 5.60. The fourth-order valence-corrected chi connectivity index (χ4v) is 2.52. The zero-order valence-corrected chi connectivity index (χ0v) is 13.0. The molecule has 1 rings (SSSR count). The van der Waals surface area contributed by atoms with Gasteiger partial charge in [-0.1, -0.05) is 47.5 Å². The average molecular weight is 261 g/mol. The first-order chi connectivity index (χ1) is 8.93. The molecule has 19 heavy (non-hydrogen) atoms. The molecule has 0 fully saturated rings. The standard InChI is InChI=1S/C16H27N3/c1-6-8-13(7-2)15(9-10-17)19-12-14(11-18-19)16(3,4)5/h11-13,15H,6-9H2,1-5H3/t13?,15-/m0/s1. The van der Waals surface area contributed by atoms with Gasteiger partial charge in [-0.2, -0.15) is 10.4 Å². The molecule has 3 nitrogen and oxygen atoms in total. The second-order valence-electron chi connectivity index (χ2n) is 6.35. The summed E-state index contributed by atoms with van der Waals surface area (Å²) in [5, 5.41) is 13.6. The van der Waals surface area contributed by atoms with Crippen LogP contribution in [-0.2, 0) is 5.41 Å². The molecule has 106 valence electrons. The van der Waals surface area contributed by atoms with Gasteiger partial charge in [0.25, 0.3) is 0 Å². The van der Waals surface area contributed by atoms with Gasteiger partial charge in [-0.3, -0.25) is 4.68 Å². The molecule has 0 aliphatic carbocycles. The average Bonchev–Trinajstić information content (AvgIpc) is 2.82. The van der Waals surface area contributed by atoms with Crippen LogP contribution in [0.1, 0.15) is 71.9 Å². The van der Waals surface area contributed by atoms with E-state index < -0.39 is 0 Å². The summed E-state index contributed by atoms with van der Waals surface area (Å²) in [5.74, 6) is 0.539. The maximum absolute atomic E-state index is 9.09. The predicted octanol–water partition coefficient (Wildman–Crippen LogP) is 4.46. The summed E-state index contributed by atoms with van der Waals surface area (Å²) in [7, 11) is 0. The zero-order valence-electron chi connectivity index (χ0n) is 13.0. The molecule has 0 aliphatic rings. The van der Waals surface area contributed by atoms with Gasteiger partial charge in [0, 0.05) is 6.20 Å². The Balaban J connectivity index is 2.99. The molecule has 0 radical (unpaired) electrons. The Morgan fingerprint density at radius 1 is 1.37 bits per heavy atom. The Morgan fingerprint density at radius 3 is 2.47 bits per heavy atom. The van der Waals surface area contributed by atoms with E-state index in [1.165, 1.54) is 5.56 Å². The second kappa shape index (κ2) is 6.75. The molecule has 0 saturated carbocycles. The predicted molar refractivity (Wildman–Crippen MR) is 78.9 cm³/mol. The number of nitriles is 1. The summed E-state index contributed by atoms with van der Waals surface area (Å²) in [4.78, 5) is 0. The first-order valence-corrected chi connectivity index (χ1v) is 7.35. The second-order valence-corrected chi connectivity index (χ2v) is 6.35. The maximum Gasteiger partial charge on any atom is 0.0677 e. The van der Waals surface area contributed by atoms with Crippen molar-refractivity contribution in [3.63, 3.8) is 0 Å². The van der Waals surface area contributed by atoms with E-state index in [9.17, 15) is 0 Å². The van der Waals surface area contributed by atoms with Gasteiger partial charge in [0.15, 0.2) is 0 Å². The maximum atomic E-state index is 9.09. The molecule has 0 aromatic carbocycles. The van der Waals surface area contributed by atoms with Gasteiger partial charge in [-0.15, -0.1) is 0 Å². The molecule has 0 bridgehead atoms. The van der Waals surface area contributed by atoms with Gasteiger partial charge in [0.05, 0.1) is 24.7 Å². The van der Waals surface area contributed by atoms with Gasteiger partial charge in [-0.25, -0.2) is 0 Å². The number of hydrogen-bond acceptors (Lipinski definition) is 2. The number of rotatable bonds is 6. The summed E-state index contributed by atoms with van der Waals surface area (Å²) >= 11 is 0. The van der Waals surface area contributed by atoms with Crippen LogP contribution >= 0.6 is 0 Å². The number of aromatic nitrogens is 2. The van der Waals surface area contributed by atoms with Crippen LogP contribution in [0.5, 0.6) is 0 Å². The van der Waals surface area contributed by atoms with Crippen molar-refractivity contribution in [3.8, 4) is 6.07 Å². The SMILES string of the molecule is CCCC(CC)[C@H](CC#N)n1cc(C(C)(C)C)cn1. The van der Waals surface area contributed by atoms with Crippen molar-refractivity contribution in [2.45, 2.75) is 71.8 Å². The van der Waals surface area contributed by atoms with Crippen LogP contribution in [-0.4, -0.2) is 9.78 Å². The Hall–Kier alpha value is -1.30. The molecule has 0 N–H and O–H groups in total. The molecule has 1 aromatic rings. The first kappa shape index (κ1) is 15.8. The van der Waals surface area contributed by atoms with E-state index in [1.807, 2.05) is 10.9 Å². The monoisotopic (exact) mass is 261 g/mol. The highest BCUT2D eigenvalue weighted by Gasteiger charge is 2.24. The third kappa shape index (κ3) is 4.09. The molecular weight excluding hydrogens is 234 g/mol. The van der Waals surface area contributed by atoms with Crippen molar-refractivity contribution in [2.24, 2.45) is 5.92 Å². The first-order valence-electron chi connectivity index (χ1n) is 7.35. The molecule has 1 heterocycles. The molecule has 1 aromatic heterocycles. The van der Waals surface area contributed by atoms with Crippen molar-refractivity contribution in [2.75, 3.05) is 0 Å². The van der Waals surface area contributed by atoms with Crippen LogP contribution in [0.15, 0.2) is 12.4 Å². The largest absolute Gasteiger partial charge is 0.268 e. The van der Waals surface area contributed by atoms with Crippen molar-refractivity contribution >= 4 is 0 Å². The van der Waals surface area contributed by atoms with Crippen molar-refractivity contribution < 1.29 is 0 Å². The van der Waals surface area contributed by atoms with Gasteiger partial charge >= 0.3 is 0 Å². The fourth-order valence-electron chi connectivity index (χ4n) is 2.52. The Morgan fingerprint density at radius 2 is 2.05 bits per heavy atom. The molecule has 0 saturated heterocycles. The van der Waals surface area contributed by atoms with Crippen LogP contribution < -0.4 is 0 Å². The molecule has 0 amide bonds. The minimum Gasteiger partial charge on any atom is -0.268 e. The van der Waals surface area contributed by atoms with Crippen LogP contribution in [0.2, 0.25) is 0 Å². The van der Waals surface area contributed by atoms with Crippen LogP contribution in [0.3, 0.4) is 0 Å². The van der Waals surface area contributed by atoms with Gasteiger partial charge in [-0.05, 0) is 23.3 Å². The summed E-state index contributed by atoms with van der Waals surface area (Å²) < 4.78 is 2.02. The third-order valence-corrected chi connectivity index (χ3v) is 3.84. The highest BCUT2D eigenvalue weighted by atomic mass is 15.3. The Labute approximate surface area is 117 Å². The van der Waals surface area contributed by atoms with E-state index in [-0.39, 0.29) is 11.5 Å². The van der Waals surface area contributed by atoms with E-state index in [4.69, 9.17) is 5.26 Å². The van der Waals surface area contributed by atoms with Gasteiger partial charge < -0.3 is 0 Å². The normalized spacial score (nSPS) is 14.9. The molecule has 1 unspecified atom stereocenters. The summed E-state index contributed by atoms with van der Waals surface area (Å²) in [6.45, 7) is 11.0. The lowest BCUT2D eigenvalue weighted by Crippen LogP contribution is -2.19. The lowest BCUT2D eigenvalue weighted by atomic mass is 9.89. The van der Waals surface area contributed by atoms with Crippen molar-refractivity contribution in [3.05, 3.63) is 18.0 Å². The van der Waals surface area contributed by atoms with Crippen molar-refractivity contribution in [1.29, 1.82) is 5.26 Å². The molecule has 2 atom stereocenters. The summed E-state index contributed by atoms with van der Waals surface area (Å²) in [5.41, 5.74) is 1.35. The number of nitrogens with zero attached hydrogens (tertiary/aromatic N) is 3. The Bertz CT molecular complexity index is 420. The highest BCUT2D eigenvalue weighted by Crippen LogP contribution is 2.30. The molecule has 3 heteroatoms. The highest BCUT2D eigenvalue weighted by molar-refractivity contribution is 5.15. The fraction of sp³-hybridized carbons (Fsp3) is 0.750. The van der Waals surface area contributed by atoms with E-state index >= 15 is 0 Å². The van der Waals surface area contributed by atoms with Crippen LogP contribution in [0, 0.1) is 17.2 Å². The minimum absolute atomic E-state index is 0.113. The minimum atomic E-state index is 0.113. The van der Waals surface area contributed by atoms with E-state index in [2.05, 4.69) is 52.0 Å². The quantitative estimate of drug-likeness (QED) is 0.758. The lowest BCUT2D eigenvalue weighted by molar-refractivity contribution is 0.282. The lowest BCUT2D eigenvalue weighted by Gasteiger charge is -2.24. The summed E-state index contributed by atoms with van der Waals surface area (Å²) in [6.07, 6.45) is 8.04. The van der Waals surface area contributed by atoms with Crippen LogP contribution in [0.4, 0.5) is 0 Å². The zero-order chi connectivity index (χ0) is 14.5. The number of hydrogen-bond donors (Lipinski definition) is 0. The van der Waals surface area contributed by atoms with E-state index in [1.54, 1.807) is 0 Å². The summed E-state index contributed by atoms with van der Waals surface area (Å²) in [6, 6.07) is 2.54. The van der Waals surface area contributed by atoms with Gasteiger partial charge in [0.2, 0.25) is 0 Å². The molecule has 0 spiro atoms. The topological polar surface area (TPSA) is 41.6 Å².